The van der Waals surface area contributed by atoms with E-state index in [-0.39, 0.29) is 11.8 Å². The molecule has 0 aliphatic carbocycles. The number of piperidine rings is 1. The van der Waals surface area contributed by atoms with Gasteiger partial charge in [-0.25, -0.2) is 4.98 Å². The number of nitrogens with one attached hydrogen (secondary N) is 2. The van der Waals surface area contributed by atoms with E-state index in [1.165, 1.54) is 4.88 Å². The summed E-state index contributed by atoms with van der Waals surface area (Å²) >= 11 is 1.68. The van der Waals surface area contributed by atoms with Crippen LogP contribution < -0.4 is 10.6 Å². The second-order valence-electron chi connectivity index (χ2n) is 4.33. The van der Waals surface area contributed by atoms with Crippen molar-refractivity contribution in [2.45, 2.75) is 32.7 Å². The molecule has 2 N–H and O–H groups in total. The number of carbonyl (C=O) groups is 1. The van der Waals surface area contributed by atoms with E-state index < -0.39 is 0 Å². The monoisotopic (exact) mass is 253 g/mol. The van der Waals surface area contributed by atoms with E-state index in [0.29, 0.717) is 6.54 Å². The van der Waals surface area contributed by atoms with Gasteiger partial charge in [-0.2, -0.15) is 0 Å². The third-order valence-corrected chi connectivity index (χ3v) is 4.17. The van der Waals surface area contributed by atoms with E-state index >= 15 is 0 Å². The number of amides is 1. The summed E-state index contributed by atoms with van der Waals surface area (Å²) in [6, 6.07) is 0. The van der Waals surface area contributed by atoms with E-state index in [4.69, 9.17) is 0 Å². The zero-order chi connectivity index (χ0) is 12.1. The van der Waals surface area contributed by atoms with Gasteiger partial charge in [-0.3, -0.25) is 4.79 Å². The van der Waals surface area contributed by atoms with Crippen LogP contribution >= 0.6 is 11.3 Å². The van der Waals surface area contributed by atoms with Gasteiger partial charge in [0, 0.05) is 17.6 Å². The van der Waals surface area contributed by atoms with Crippen LogP contribution in [0.3, 0.4) is 0 Å². The minimum absolute atomic E-state index is 0.134. The summed E-state index contributed by atoms with van der Waals surface area (Å²) in [7, 11) is 0. The third-order valence-electron chi connectivity index (χ3n) is 3.03. The number of hydrogen-bond acceptors (Lipinski definition) is 4. The SMILES string of the molecule is CCc1cnc(CNC(=O)C2CCCNC2)s1. The number of nitrogens with zero attached hydrogens (tertiary/aromatic N) is 1. The number of thiazole rings is 1. The van der Waals surface area contributed by atoms with Crippen LogP contribution in [-0.4, -0.2) is 24.0 Å². The number of aromatic nitrogens is 1. The summed E-state index contributed by atoms with van der Waals surface area (Å²) < 4.78 is 0. The molecule has 4 nitrogen and oxygen atoms in total. The molecule has 1 aromatic heterocycles. The van der Waals surface area contributed by atoms with Crippen LogP contribution in [0.4, 0.5) is 0 Å². The normalized spacial score (nSPS) is 20.2. The Balaban J connectivity index is 1.78. The van der Waals surface area contributed by atoms with Gasteiger partial charge in [-0.05, 0) is 25.8 Å². The fraction of sp³-hybridized carbons (Fsp3) is 0.667. The minimum Gasteiger partial charge on any atom is -0.349 e. The number of carbonyl (C=O) groups excluding carboxylic acids is 1. The molecule has 1 saturated heterocycles. The topological polar surface area (TPSA) is 54.0 Å². The van der Waals surface area contributed by atoms with Crippen molar-refractivity contribution >= 4 is 17.2 Å². The van der Waals surface area contributed by atoms with Crippen molar-refractivity contribution in [1.82, 2.24) is 15.6 Å². The molecular formula is C12H19N3OS. The molecule has 1 aliphatic heterocycles. The van der Waals surface area contributed by atoms with Crippen molar-refractivity contribution < 1.29 is 4.79 Å². The quantitative estimate of drug-likeness (QED) is 0.851. The molecule has 0 spiro atoms. The fourth-order valence-electron chi connectivity index (χ4n) is 1.98. The van der Waals surface area contributed by atoms with Gasteiger partial charge in [-0.1, -0.05) is 6.92 Å². The largest absolute Gasteiger partial charge is 0.349 e. The Labute approximate surface area is 106 Å². The molecule has 0 saturated carbocycles. The first-order chi connectivity index (χ1) is 8.29. The average molecular weight is 253 g/mol. The van der Waals surface area contributed by atoms with Gasteiger partial charge in [0.15, 0.2) is 0 Å². The summed E-state index contributed by atoms with van der Waals surface area (Å²) in [5.41, 5.74) is 0. The fourth-order valence-corrected chi connectivity index (χ4v) is 2.78. The zero-order valence-electron chi connectivity index (χ0n) is 10.2. The lowest BCUT2D eigenvalue weighted by Crippen LogP contribution is -2.40. The molecule has 5 heteroatoms. The molecule has 2 heterocycles. The first-order valence-corrected chi connectivity index (χ1v) is 7.03. The Hall–Kier alpha value is -0.940. The van der Waals surface area contributed by atoms with E-state index in [2.05, 4.69) is 22.5 Å². The maximum absolute atomic E-state index is 11.9. The summed E-state index contributed by atoms with van der Waals surface area (Å²) in [5, 5.41) is 7.23. The maximum Gasteiger partial charge on any atom is 0.224 e. The van der Waals surface area contributed by atoms with Crippen LogP contribution in [-0.2, 0) is 17.8 Å². The highest BCUT2D eigenvalue weighted by atomic mass is 32.1. The van der Waals surface area contributed by atoms with E-state index in [1.54, 1.807) is 11.3 Å². The molecule has 2 rings (SSSR count). The summed E-state index contributed by atoms with van der Waals surface area (Å²) in [6.45, 7) is 4.53. The highest BCUT2D eigenvalue weighted by Gasteiger charge is 2.20. The predicted molar refractivity (Wildman–Crippen MR) is 68.9 cm³/mol. The second kappa shape index (κ2) is 6.12. The van der Waals surface area contributed by atoms with E-state index in [9.17, 15) is 4.79 Å². The molecule has 1 unspecified atom stereocenters. The standard InChI is InChI=1S/C12H19N3OS/c1-2-10-7-14-11(17-10)8-15-12(16)9-4-3-5-13-6-9/h7,9,13H,2-6,8H2,1H3,(H,15,16). The van der Waals surface area contributed by atoms with Gasteiger partial charge >= 0.3 is 0 Å². The van der Waals surface area contributed by atoms with Crippen LogP contribution in [0.2, 0.25) is 0 Å². The van der Waals surface area contributed by atoms with E-state index in [0.717, 1.165) is 37.4 Å². The minimum atomic E-state index is 0.134. The summed E-state index contributed by atoms with van der Waals surface area (Å²) in [5.74, 6) is 0.291. The Morgan fingerprint density at radius 2 is 2.59 bits per heavy atom. The lowest BCUT2D eigenvalue weighted by Gasteiger charge is -2.21. The van der Waals surface area contributed by atoms with Gasteiger partial charge in [-0.15, -0.1) is 11.3 Å². The predicted octanol–water partition coefficient (Wildman–Crippen LogP) is 1.32. The van der Waals surface area contributed by atoms with Crippen molar-refractivity contribution in [2.24, 2.45) is 5.92 Å². The van der Waals surface area contributed by atoms with Crippen LogP contribution in [0.5, 0.6) is 0 Å². The second-order valence-corrected chi connectivity index (χ2v) is 5.53. The lowest BCUT2D eigenvalue weighted by atomic mass is 9.99. The first-order valence-electron chi connectivity index (χ1n) is 6.21. The highest BCUT2D eigenvalue weighted by molar-refractivity contribution is 7.11. The summed E-state index contributed by atoms with van der Waals surface area (Å²) in [4.78, 5) is 17.4. The maximum atomic E-state index is 11.9. The first kappa shape index (κ1) is 12.5. The van der Waals surface area contributed by atoms with Crippen molar-refractivity contribution in [3.05, 3.63) is 16.1 Å². The zero-order valence-corrected chi connectivity index (χ0v) is 11.0. The Morgan fingerprint density at radius 1 is 1.71 bits per heavy atom. The highest BCUT2D eigenvalue weighted by Crippen LogP contribution is 2.14. The van der Waals surface area contributed by atoms with Crippen molar-refractivity contribution in [1.29, 1.82) is 0 Å². The van der Waals surface area contributed by atoms with E-state index in [1.807, 2.05) is 6.20 Å². The molecule has 1 atom stereocenters. The molecular weight excluding hydrogens is 234 g/mol. The number of hydrogen-bond donors (Lipinski definition) is 2. The van der Waals surface area contributed by atoms with Gasteiger partial charge in [0.05, 0.1) is 12.5 Å². The van der Waals surface area contributed by atoms with Crippen molar-refractivity contribution in [3.63, 3.8) is 0 Å². The molecule has 1 fully saturated rings. The van der Waals surface area contributed by atoms with Gasteiger partial charge < -0.3 is 10.6 Å². The van der Waals surface area contributed by atoms with Gasteiger partial charge in [0.25, 0.3) is 0 Å². The smallest absolute Gasteiger partial charge is 0.224 e. The molecule has 1 aliphatic rings. The van der Waals surface area contributed by atoms with Gasteiger partial charge in [0.2, 0.25) is 5.91 Å². The van der Waals surface area contributed by atoms with Crippen LogP contribution in [0.1, 0.15) is 29.7 Å². The molecule has 17 heavy (non-hydrogen) atoms. The third kappa shape index (κ3) is 3.51. The van der Waals surface area contributed by atoms with Crippen molar-refractivity contribution in [3.8, 4) is 0 Å². The Kier molecular flexibility index (Phi) is 4.50. The van der Waals surface area contributed by atoms with Crippen LogP contribution in [0.15, 0.2) is 6.20 Å². The Bertz CT molecular complexity index is 372. The van der Waals surface area contributed by atoms with Gasteiger partial charge in [0.1, 0.15) is 5.01 Å². The van der Waals surface area contributed by atoms with Crippen molar-refractivity contribution in [2.75, 3.05) is 13.1 Å². The Morgan fingerprint density at radius 3 is 3.24 bits per heavy atom. The molecule has 0 radical (unpaired) electrons. The number of rotatable bonds is 4. The molecule has 0 bridgehead atoms. The average Bonchev–Trinajstić information content (AvgIpc) is 2.85. The lowest BCUT2D eigenvalue weighted by molar-refractivity contribution is -0.125. The molecule has 94 valence electrons. The molecule has 1 amide bonds. The van der Waals surface area contributed by atoms with Crippen LogP contribution in [0.25, 0.3) is 0 Å². The summed E-state index contributed by atoms with van der Waals surface area (Å²) in [6.07, 6.45) is 5.00. The van der Waals surface area contributed by atoms with Crippen LogP contribution in [0, 0.1) is 5.92 Å². The molecule has 0 aromatic carbocycles. The molecule has 1 aromatic rings. The number of aryl methyl sites for hydroxylation is 1.